The zero-order valence-electron chi connectivity index (χ0n) is 10.5. The van der Waals surface area contributed by atoms with E-state index in [4.69, 9.17) is 21.4 Å². The van der Waals surface area contributed by atoms with Gasteiger partial charge in [0.1, 0.15) is 11.6 Å². The summed E-state index contributed by atoms with van der Waals surface area (Å²) in [6, 6.07) is 7.75. The van der Waals surface area contributed by atoms with Crippen molar-refractivity contribution in [2.45, 2.75) is 13.0 Å². The number of aromatic nitrogens is 1. The summed E-state index contributed by atoms with van der Waals surface area (Å²) in [5.74, 6) is -1.13. The Kier molecular flexibility index (Phi) is 4.20. The summed E-state index contributed by atoms with van der Waals surface area (Å²) in [7, 11) is 0. The van der Waals surface area contributed by atoms with Crippen molar-refractivity contribution in [2.75, 3.05) is 0 Å². The van der Waals surface area contributed by atoms with E-state index in [0.717, 1.165) is 6.20 Å². The second-order valence-electron chi connectivity index (χ2n) is 4.11. The lowest BCUT2D eigenvalue weighted by Gasteiger charge is -2.11. The first kappa shape index (κ1) is 14.3. The van der Waals surface area contributed by atoms with Gasteiger partial charge in [-0.25, -0.2) is 9.18 Å². The van der Waals surface area contributed by atoms with Gasteiger partial charge < -0.3 is 9.84 Å². The molecule has 0 fully saturated rings. The van der Waals surface area contributed by atoms with Crippen LogP contribution in [0.3, 0.4) is 0 Å². The normalized spacial score (nSPS) is 11.9. The number of carboxylic acids is 1. The average Bonchev–Trinajstić information content (AvgIpc) is 2.40. The molecule has 104 valence electrons. The maximum Gasteiger partial charge on any atom is 0.344 e. The Hall–Kier alpha value is -2.14. The minimum Gasteiger partial charge on any atom is -0.479 e. The molecule has 0 aliphatic rings. The SMILES string of the molecule is CC(Oc1ccc(-c2ncc(F)cc2Cl)cc1)C(=O)O. The van der Waals surface area contributed by atoms with E-state index in [1.807, 2.05) is 0 Å². The van der Waals surface area contributed by atoms with Crippen molar-refractivity contribution in [1.82, 2.24) is 4.98 Å². The van der Waals surface area contributed by atoms with Gasteiger partial charge in [0, 0.05) is 5.56 Å². The molecule has 20 heavy (non-hydrogen) atoms. The molecule has 1 heterocycles. The zero-order valence-corrected chi connectivity index (χ0v) is 11.3. The molecule has 0 aliphatic heterocycles. The second-order valence-corrected chi connectivity index (χ2v) is 4.51. The summed E-state index contributed by atoms with van der Waals surface area (Å²) in [6.07, 6.45) is 0.145. The van der Waals surface area contributed by atoms with E-state index in [1.165, 1.54) is 13.0 Å². The Bertz CT molecular complexity index is 631. The molecule has 1 aromatic heterocycles. The summed E-state index contributed by atoms with van der Waals surface area (Å²) >= 11 is 5.92. The number of ether oxygens (including phenoxy) is 1. The minimum absolute atomic E-state index is 0.206. The number of hydrogen-bond acceptors (Lipinski definition) is 3. The monoisotopic (exact) mass is 295 g/mol. The predicted octanol–water partition coefficient (Wildman–Crippen LogP) is 3.39. The van der Waals surface area contributed by atoms with Gasteiger partial charge in [-0.1, -0.05) is 11.6 Å². The fourth-order valence-electron chi connectivity index (χ4n) is 1.57. The molecular formula is C14H11ClFNO3. The number of halogens is 2. The first-order valence-corrected chi connectivity index (χ1v) is 6.16. The predicted molar refractivity (Wildman–Crippen MR) is 72.4 cm³/mol. The standard InChI is InChI=1S/C14H11ClFNO3/c1-8(14(18)19)20-11-4-2-9(3-5-11)13-12(15)6-10(16)7-17-13/h2-8H,1H3,(H,18,19). The van der Waals surface area contributed by atoms with Crippen molar-refractivity contribution < 1.29 is 19.0 Å². The van der Waals surface area contributed by atoms with Crippen molar-refractivity contribution in [3.05, 3.63) is 47.4 Å². The van der Waals surface area contributed by atoms with Crippen LogP contribution in [0.2, 0.25) is 5.02 Å². The van der Waals surface area contributed by atoms with Crippen LogP contribution in [0.25, 0.3) is 11.3 Å². The van der Waals surface area contributed by atoms with E-state index in [1.54, 1.807) is 24.3 Å². The molecule has 0 spiro atoms. The molecule has 6 heteroatoms. The Morgan fingerprint density at radius 1 is 1.40 bits per heavy atom. The molecule has 1 N–H and O–H groups in total. The number of nitrogens with zero attached hydrogens (tertiary/aromatic N) is 1. The summed E-state index contributed by atoms with van der Waals surface area (Å²) < 4.78 is 18.1. The number of benzene rings is 1. The molecule has 1 aromatic carbocycles. The smallest absolute Gasteiger partial charge is 0.344 e. The molecule has 1 atom stereocenters. The second kappa shape index (κ2) is 5.88. The van der Waals surface area contributed by atoms with Crippen LogP contribution in [-0.4, -0.2) is 22.2 Å². The molecular weight excluding hydrogens is 285 g/mol. The Morgan fingerprint density at radius 3 is 2.60 bits per heavy atom. The lowest BCUT2D eigenvalue weighted by molar-refractivity contribution is -0.144. The summed E-state index contributed by atoms with van der Waals surface area (Å²) in [5, 5.41) is 8.96. The minimum atomic E-state index is -1.04. The molecule has 2 rings (SSSR count). The molecule has 0 aliphatic carbocycles. The largest absolute Gasteiger partial charge is 0.479 e. The fraction of sp³-hybridized carbons (Fsp3) is 0.143. The number of hydrogen-bond donors (Lipinski definition) is 1. The van der Waals surface area contributed by atoms with Gasteiger partial charge >= 0.3 is 5.97 Å². The molecule has 4 nitrogen and oxygen atoms in total. The highest BCUT2D eigenvalue weighted by Crippen LogP contribution is 2.27. The first-order valence-electron chi connectivity index (χ1n) is 5.78. The van der Waals surface area contributed by atoms with Crippen molar-refractivity contribution >= 4 is 17.6 Å². The number of carboxylic acid groups (broad SMARTS) is 1. The molecule has 0 bridgehead atoms. The number of carbonyl (C=O) groups is 1. The van der Waals surface area contributed by atoms with Crippen molar-refractivity contribution in [1.29, 1.82) is 0 Å². The third-order valence-electron chi connectivity index (χ3n) is 2.60. The van der Waals surface area contributed by atoms with Crippen LogP contribution in [0.15, 0.2) is 36.5 Å². The van der Waals surface area contributed by atoms with Crippen LogP contribution in [0, 0.1) is 5.82 Å². The summed E-state index contributed by atoms with van der Waals surface area (Å²) in [4.78, 5) is 14.6. The van der Waals surface area contributed by atoms with Crippen molar-refractivity contribution in [3.8, 4) is 17.0 Å². The Balaban J connectivity index is 2.21. The van der Waals surface area contributed by atoms with Crippen molar-refractivity contribution in [3.63, 3.8) is 0 Å². The van der Waals surface area contributed by atoms with Crippen molar-refractivity contribution in [2.24, 2.45) is 0 Å². The number of pyridine rings is 1. The lowest BCUT2D eigenvalue weighted by atomic mass is 10.1. The molecule has 0 saturated heterocycles. The van der Waals surface area contributed by atoms with Gasteiger partial charge in [-0.05, 0) is 37.3 Å². The fourth-order valence-corrected chi connectivity index (χ4v) is 1.84. The highest BCUT2D eigenvalue weighted by Gasteiger charge is 2.12. The van der Waals surface area contributed by atoms with Gasteiger partial charge in [-0.2, -0.15) is 0 Å². The average molecular weight is 296 g/mol. The van der Waals surface area contributed by atoms with E-state index in [-0.39, 0.29) is 5.02 Å². The van der Waals surface area contributed by atoms with E-state index in [2.05, 4.69) is 4.98 Å². The van der Waals surface area contributed by atoms with Gasteiger partial charge in [0.2, 0.25) is 0 Å². The van der Waals surface area contributed by atoms with E-state index >= 15 is 0 Å². The van der Waals surface area contributed by atoms with Gasteiger partial charge in [-0.15, -0.1) is 0 Å². The van der Waals surface area contributed by atoms with Crippen LogP contribution in [-0.2, 0) is 4.79 Å². The van der Waals surface area contributed by atoms with Crippen LogP contribution in [0.1, 0.15) is 6.92 Å². The summed E-state index contributed by atoms with van der Waals surface area (Å²) in [5.41, 5.74) is 1.14. The number of rotatable bonds is 4. The summed E-state index contributed by atoms with van der Waals surface area (Å²) in [6.45, 7) is 1.44. The van der Waals surface area contributed by atoms with Gasteiger partial charge in [0.25, 0.3) is 0 Å². The quantitative estimate of drug-likeness (QED) is 0.939. The maximum atomic E-state index is 12.9. The lowest BCUT2D eigenvalue weighted by Crippen LogP contribution is -2.22. The van der Waals surface area contributed by atoms with Gasteiger partial charge in [0.15, 0.2) is 6.10 Å². The third-order valence-corrected chi connectivity index (χ3v) is 2.88. The third kappa shape index (κ3) is 3.24. The zero-order chi connectivity index (χ0) is 14.7. The maximum absolute atomic E-state index is 12.9. The van der Waals surface area contributed by atoms with Gasteiger partial charge in [0.05, 0.1) is 16.9 Å². The van der Waals surface area contributed by atoms with Gasteiger partial charge in [-0.3, -0.25) is 4.98 Å². The van der Waals surface area contributed by atoms with Crippen LogP contribution < -0.4 is 4.74 Å². The topological polar surface area (TPSA) is 59.4 Å². The number of aliphatic carboxylic acids is 1. The van der Waals surface area contributed by atoms with Crippen LogP contribution in [0.4, 0.5) is 4.39 Å². The Morgan fingerprint density at radius 2 is 2.05 bits per heavy atom. The molecule has 0 radical (unpaired) electrons. The highest BCUT2D eigenvalue weighted by atomic mass is 35.5. The van der Waals surface area contributed by atoms with E-state index in [9.17, 15) is 9.18 Å². The molecule has 0 amide bonds. The molecule has 0 saturated carbocycles. The van der Waals surface area contributed by atoms with Crippen LogP contribution >= 0.6 is 11.6 Å². The molecule has 1 unspecified atom stereocenters. The molecule has 2 aromatic rings. The van der Waals surface area contributed by atoms with Crippen LogP contribution in [0.5, 0.6) is 5.75 Å². The Labute approximate surface area is 119 Å². The van der Waals surface area contributed by atoms with E-state index in [0.29, 0.717) is 17.0 Å². The first-order chi connectivity index (χ1) is 9.47. The highest BCUT2D eigenvalue weighted by molar-refractivity contribution is 6.33. The van der Waals surface area contributed by atoms with E-state index < -0.39 is 17.9 Å².